The highest BCUT2D eigenvalue weighted by molar-refractivity contribution is 7.20. The summed E-state index contributed by atoms with van der Waals surface area (Å²) in [5.74, 6) is 0.621. The van der Waals surface area contributed by atoms with Gasteiger partial charge in [-0.3, -0.25) is 4.79 Å². The number of anilines is 1. The van der Waals surface area contributed by atoms with Gasteiger partial charge in [-0.25, -0.2) is 4.98 Å². The van der Waals surface area contributed by atoms with Crippen molar-refractivity contribution in [3.05, 3.63) is 71.9 Å². The van der Waals surface area contributed by atoms with E-state index in [0.717, 1.165) is 26.6 Å². The van der Waals surface area contributed by atoms with Gasteiger partial charge in [0.15, 0.2) is 0 Å². The molecule has 2 aromatic carbocycles. The molecule has 6 heteroatoms. The first-order valence-corrected chi connectivity index (χ1v) is 9.27. The summed E-state index contributed by atoms with van der Waals surface area (Å²) in [4.78, 5) is 17.0. The Bertz CT molecular complexity index is 1020. The number of aromatic nitrogens is 3. The minimum Gasteiger partial charge on any atom is -0.310 e. The Hall–Kier alpha value is -2.99. The van der Waals surface area contributed by atoms with Crippen LogP contribution in [0.25, 0.3) is 15.3 Å². The lowest BCUT2D eigenvalue weighted by Crippen LogP contribution is -2.15. The van der Waals surface area contributed by atoms with Crippen LogP contribution < -0.4 is 5.32 Å². The fraction of sp³-hybridized carbons (Fsp3) is 0.150. The predicted octanol–water partition coefficient (Wildman–Crippen LogP) is 4.36. The third-order valence-corrected chi connectivity index (χ3v) is 5.06. The van der Waals surface area contributed by atoms with Gasteiger partial charge in [0.1, 0.15) is 5.82 Å². The molecule has 0 aliphatic carbocycles. The number of carbonyl (C=O) groups is 1. The SMILES string of the molecule is Cc1cc(NC(=O)CCc2ccccc2)n(-c2nc3ccccc3s2)n1. The van der Waals surface area contributed by atoms with E-state index in [4.69, 9.17) is 0 Å². The minimum absolute atomic E-state index is 0.0314. The number of amides is 1. The molecular formula is C20H18N4OS. The zero-order valence-corrected chi connectivity index (χ0v) is 15.2. The quantitative estimate of drug-likeness (QED) is 0.574. The van der Waals surface area contributed by atoms with Crippen LogP contribution in [0.2, 0.25) is 0 Å². The molecule has 0 atom stereocenters. The lowest BCUT2D eigenvalue weighted by atomic mass is 10.1. The molecule has 4 aromatic rings. The van der Waals surface area contributed by atoms with Crippen molar-refractivity contribution in [1.82, 2.24) is 14.8 Å². The lowest BCUT2D eigenvalue weighted by Gasteiger charge is -2.06. The zero-order chi connectivity index (χ0) is 17.9. The van der Waals surface area contributed by atoms with Crippen LogP contribution in [-0.4, -0.2) is 20.7 Å². The summed E-state index contributed by atoms with van der Waals surface area (Å²) in [6, 6.07) is 19.8. The first kappa shape index (κ1) is 16.5. The first-order chi connectivity index (χ1) is 12.7. The number of aryl methyl sites for hydroxylation is 2. The van der Waals surface area contributed by atoms with Crippen LogP contribution >= 0.6 is 11.3 Å². The van der Waals surface area contributed by atoms with E-state index in [0.29, 0.717) is 18.7 Å². The average molecular weight is 362 g/mol. The maximum atomic E-state index is 12.4. The van der Waals surface area contributed by atoms with Gasteiger partial charge in [-0.15, -0.1) is 0 Å². The molecule has 0 fully saturated rings. The number of fused-ring (bicyclic) bond motifs is 1. The molecule has 4 rings (SSSR count). The molecule has 0 saturated carbocycles. The second kappa shape index (κ2) is 7.09. The van der Waals surface area contributed by atoms with Crippen molar-refractivity contribution >= 4 is 33.3 Å². The number of hydrogen-bond acceptors (Lipinski definition) is 4. The van der Waals surface area contributed by atoms with E-state index in [1.165, 1.54) is 0 Å². The van der Waals surface area contributed by atoms with Crippen molar-refractivity contribution in [3.8, 4) is 5.13 Å². The fourth-order valence-corrected chi connectivity index (χ4v) is 3.72. The second-order valence-corrected chi connectivity index (χ2v) is 7.09. The smallest absolute Gasteiger partial charge is 0.225 e. The van der Waals surface area contributed by atoms with Crippen molar-refractivity contribution in [3.63, 3.8) is 0 Å². The van der Waals surface area contributed by atoms with Gasteiger partial charge in [0.05, 0.1) is 15.9 Å². The van der Waals surface area contributed by atoms with Gasteiger partial charge in [-0.2, -0.15) is 9.78 Å². The number of benzene rings is 2. The molecule has 0 aliphatic rings. The van der Waals surface area contributed by atoms with Crippen LogP contribution in [0.4, 0.5) is 5.82 Å². The number of nitrogens with one attached hydrogen (secondary N) is 1. The summed E-state index contributed by atoms with van der Waals surface area (Å²) in [6.45, 7) is 1.91. The topological polar surface area (TPSA) is 59.8 Å². The van der Waals surface area contributed by atoms with Crippen LogP contribution in [0.15, 0.2) is 60.7 Å². The maximum absolute atomic E-state index is 12.4. The molecule has 5 nitrogen and oxygen atoms in total. The standard InChI is InChI=1S/C20H18N4OS/c1-14-13-18(22-19(25)12-11-15-7-3-2-4-8-15)24(23-14)20-21-16-9-5-6-10-17(16)26-20/h2-10,13H,11-12H2,1H3,(H,22,25). The Morgan fingerprint density at radius 2 is 1.88 bits per heavy atom. The van der Waals surface area contributed by atoms with Crippen LogP contribution in [0, 0.1) is 6.92 Å². The van der Waals surface area contributed by atoms with Crippen LogP contribution in [0.3, 0.4) is 0 Å². The molecule has 1 amide bonds. The van der Waals surface area contributed by atoms with Crippen LogP contribution in [0.1, 0.15) is 17.7 Å². The Morgan fingerprint density at radius 1 is 1.12 bits per heavy atom. The Labute approximate surface area is 155 Å². The second-order valence-electron chi connectivity index (χ2n) is 6.08. The van der Waals surface area contributed by atoms with Gasteiger partial charge in [-0.05, 0) is 31.0 Å². The number of nitrogens with zero attached hydrogens (tertiary/aromatic N) is 3. The molecule has 0 aliphatic heterocycles. The summed E-state index contributed by atoms with van der Waals surface area (Å²) in [5, 5.41) is 8.22. The molecule has 0 radical (unpaired) electrons. The van der Waals surface area contributed by atoms with E-state index < -0.39 is 0 Å². The summed E-state index contributed by atoms with van der Waals surface area (Å²) in [7, 11) is 0. The normalized spacial score (nSPS) is 11.0. The van der Waals surface area contributed by atoms with E-state index in [2.05, 4.69) is 15.4 Å². The Kier molecular flexibility index (Phi) is 4.50. The summed E-state index contributed by atoms with van der Waals surface area (Å²) >= 11 is 1.55. The zero-order valence-electron chi connectivity index (χ0n) is 14.3. The highest BCUT2D eigenvalue weighted by Gasteiger charge is 2.14. The molecule has 1 N–H and O–H groups in total. The van der Waals surface area contributed by atoms with Crippen LogP contribution in [0.5, 0.6) is 0 Å². The van der Waals surface area contributed by atoms with Crippen molar-refractivity contribution in [1.29, 1.82) is 0 Å². The Morgan fingerprint density at radius 3 is 2.69 bits per heavy atom. The minimum atomic E-state index is -0.0314. The molecule has 0 bridgehead atoms. The van der Waals surface area contributed by atoms with Crippen molar-refractivity contribution in [2.75, 3.05) is 5.32 Å². The van der Waals surface area contributed by atoms with Gasteiger partial charge < -0.3 is 5.32 Å². The van der Waals surface area contributed by atoms with E-state index in [1.54, 1.807) is 16.0 Å². The number of thiazole rings is 1. The van der Waals surface area contributed by atoms with E-state index in [9.17, 15) is 4.79 Å². The highest BCUT2D eigenvalue weighted by atomic mass is 32.1. The van der Waals surface area contributed by atoms with E-state index in [1.807, 2.05) is 67.6 Å². The molecule has 0 unspecified atom stereocenters. The molecule has 0 spiro atoms. The predicted molar refractivity (Wildman–Crippen MR) is 105 cm³/mol. The summed E-state index contributed by atoms with van der Waals surface area (Å²) in [5.41, 5.74) is 2.92. The van der Waals surface area contributed by atoms with Crippen molar-refractivity contribution in [2.45, 2.75) is 19.8 Å². The molecule has 2 aromatic heterocycles. The van der Waals surface area contributed by atoms with Gasteiger partial charge in [0.2, 0.25) is 11.0 Å². The highest BCUT2D eigenvalue weighted by Crippen LogP contribution is 2.27. The number of carbonyl (C=O) groups excluding carboxylic acids is 1. The molecule has 2 heterocycles. The average Bonchev–Trinajstić information content (AvgIpc) is 3.24. The third-order valence-electron chi connectivity index (χ3n) is 4.05. The van der Waals surface area contributed by atoms with E-state index >= 15 is 0 Å². The Balaban J connectivity index is 1.53. The number of hydrogen-bond donors (Lipinski definition) is 1. The van der Waals surface area contributed by atoms with Gasteiger partial charge >= 0.3 is 0 Å². The number of para-hydroxylation sites is 1. The van der Waals surface area contributed by atoms with Crippen molar-refractivity contribution in [2.24, 2.45) is 0 Å². The summed E-state index contributed by atoms with van der Waals surface area (Å²) in [6.07, 6.45) is 1.13. The third kappa shape index (κ3) is 3.50. The van der Waals surface area contributed by atoms with Crippen LogP contribution in [-0.2, 0) is 11.2 Å². The molecule has 0 saturated heterocycles. The number of rotatable bonds is 5. The largest absolute Gasteiger partial charge is 0.310 e. The monoisotopic (exact) mass is 362 g/mol. The first-order valence-electron chi connectivity index (χ1n) is 8.45. The van der Waals surface area contributed by atoms with E-state index in [-0.39, 0.29) is 5.91 Å². The van der Waals surface area contributed by atoms with Gasteiger partial charge in [-0.1, -0.05) is 53.8 Å². The maximum Gasteiger partial charge on any atom is 0.225 e. The fourth-order valence-electron chi connectivity index (χ4n) is 2.79. The molecular weight excluding hydrogens is 344 g/mol. The molecule has 26 heavy (non-hydrogen) atoms. The molecule has 130 valence electrons. The summed E-state index contributed by atoms with van der Waals surface area (Å²) < 4.78 is 2.80. The van der Waals surface area contributed by atoms with Gasteiger partial charge in [0.25, 0.3) is 0 Å². The lowest BCUT2D eigenvalue weighted by molar-refractivity contribution is -0.116. The van der Waals surface area contributed by atoms with Gasteiger partial charge in [0, 0.05) is 12.5 Å². The van der Waals surface area contributed by atoms with Crippen molar-refractivity contribution < 1.29 is 4.79 Å².